The van der Waals surface area contributed by atoms with Crippen molar-refractivity contribution in [1.29, 1.82) is 0 Å². The van der Waals surface area contributed by atoms with Gasteiger partial charge in [0.05, 0.1) is 25.4 Å². The molecule has 0 unspecified atom stereocenters. The van der Waals surface area contributed by atoms with Gasteiger partial charge in [-0.15, -0.1) is 6.58 Å². The van der Waals surface area contributed by atoms with Gasteiger partial charge in [0, 0.05) is 12.6 Å². The van der Waals surface area contributed by atoms with Crippen LogP contribution in [-0.2, 0) is 11.3 Å². The number of hydrogen-bond donors (Lipinski definition) is 1. The highest BCUT2D eigenvalue weighted by atomic mass is 16.5. The summed E-state index contributed by atoms with van der Waals surface area (Å²) in [6, 6.07) is 10.6. The minimum absolute atomic E-state index is 0.0186. The first-order valence-electron chi connectivity index (χ1n) is 7.73. The highest BCUT2D eigenvalue weighted by molar-refractivity contribution is 5.16. The maximum Gasteiger partial charge on any atom is 0.0719 e. The number of benzene rings is 1. The first-order chi connectivity index (χ1) is 10.1. The third-order valence-corrected chi connectivity index (χ3v) is 4.43. The van der Waals surface area contributed by atoms with Crippen molar-refractivity contribution in [1.82, 2.24) is 4.90 Å². The molecule has 3 heteroatoms. The molecule has 1 atom stereocenters. The summed E-state index contributed by atoms with van der Waals surface area (Å²) in [5.74, 6) is 0.390. The van der Waals surface area contributed by atoms with Crippen LogP contribution < -0.4 is 0 Å². The molecule has 1 heterocycles. The highest BCUT2D eigenvalue weighted by Gasteiger charge is 2.46. The SMILES string of the molecule is C=CCC1(N(Cc2ccccc2)[C@@H](CO)C(C)C)COC1. The lowest BCUT2D eigenvalue weighted by atomic mass is 9.86. The molecule has 0 bridgehead atoms. The van der Waals surface area contributed by atoms with E-state index in [0.717, 1.165) is 26.2 Å². The Labute approximate surface area is 128 Å². The summed E-state index contributed by atoms with van der Waals surface area (Å²) in [6.07, 6.45) is 2.86. The lowest BCUT2D eigenvalue weighted by Crippen LogP contribution is -2.65. The fraction of sp³-hybridized carbons (Fsp3) is 0.556. The molecule has 0 aromatic heterocycles. The van der Waals surface area contributed by atoms with Gasteiger partial charge in [0.2, 0.25) is 0 Å². The van der Waals surface area contributed by atoms with Crippen LogP contribution in [0.2, 0.25) is 0 Å². The summed E-state index contributed by atoms with van der Waals surface area (Å²) >= 11 is 0. The van der Waals surface area contributed by atoms with Crippen molar-refractivity contribution in [2.75, 3.05) is 19.8 Å². The molecule has 1 N–H and O–H groups in total. The summed E-state index contributed by atoms with van der Waals surface area (Å²) < 4.78 is 5.51. The van der Waals surface area contributed by atoms with Crippen molar-refractivity contribution in [3.63, 3.8) is 0 Å². The van der Waals surface area contributed by atoms with E-state index < -0.39 is 0 Å². The summed E-state index contributed by atoms with van der Waals surface area (Å²) in [6.45, 7) is 10.7. The second kappa shape index (κ2) is 7.21. The maximum atomic E-state index is 9.89. The van der Waals surface area contributed by atoms with E-state index >= 15 is 0 Å². The van der Waals surface area contributed by atoms with Crippen LogP contribution in [-0.4, -0.2) is 41.4 Å². The maximum absolute atomic E-state index is 9.89. The number of rotatable bonds is 8. The smallest absolute Gasteiger partial charge is 0.0719 e. The van der Waals surface area contributed by atoms with Gasteiger partial charge in [0.25, 0.3) is 0 Å². The first-order valence-corrected chi connectivity index (χ1v) is 7.73. The number of ether oxygens (including phenoxy) is 1. The molecule has 2 rings (SSSR count). The van der Waals surface area contributed by atoms with E-state index in [1.54, 1.807) is 0 Å². The Morgan fingerprint density at radius 3 is 2.43 bits per heavy atom. The van der Waals surface area contributed by atoms with Gasteiger partial charge >= 0.3 is 0 Å². The van der Waals surface area contributed by atoms with Crippen LogP contribution in [0.5, 0.6) is 0 Å². The zero-order valence-corrected chi connectivity index (χ0v) is 13.2. The third-order valence-electron chi connectivity index (χ3n) is 4.43. The molecule has 1 aromatic carbocycles. The quantitative estimate of drug-likeness (QED) is 0.747. The van der Waals surface area contributed by atoms with E-state index in [2.05, 4.69) is 49.6 Å². The van der Waals surface area contributed by atoms with E-state index in [-0.39, 0.29) is 18.2 Å². The Bertz CT molecular complexity index is 440. The van der Waals surface area contributed by atoms with Crippen LogP contribution >= 0.6 is 0 Å². The molecule has 0 radical (unpaired) electrons. The predicted octanol–water partition coefficient (Wildman–Crippen LogP) is 2.85. The van der Waals surface area contributed by atoms with Gasteiger partial charge in [-0.25, -0.2) is 0 Å². The molecule has 0 amide bonds. The van der Waals surface area contributed by atoms with Crippen LogP contribution in [0.15, 0.2) is 43.0 Å². The Morgan fingerprint density at radius 2 is 2.00 bits per heavy atom. The van der Waals surface area contributed by atoms with E-state index in [9.17, 15) is 5.11 Å². The summed E-state index contributed by atoms with van der Waals surface area (Å²) in [5.41, 5.74) is 1.25. The van der Waals surface area contributed by atoms with Crippen LogP contribution in [0, 0.1) is 5.92 Å². The zero-order valence-electron chi connectivity index (χ0n) is 13.2. The molecule has 0 saturated carbocycles. The topological polar surface area (TPSA) is 32.7 Å². The van der Waals surface area contributed by atoms with Crippen molar-refractivity contribution < 1.29 is 9.84 Å². The van der Waals surface area contributed by atoms with E-state index in [4.69, 9.17) is 4.74 Å². The average molecular weight is 289 g/mol. The molecule has 3 nitrogen and oxygen atoms in total. The van der Waals surface area contributed by atoms with E-state index in [1.807, 2.05) is 12.1 Å². The molecule has 1 saturated heterocycles. The third kappa shape index (κ3) is 3.54. The molecular weight excluding hydrogens is 262 g/mol. The minimum Gasteiger partial charge on any atom is -0.395 e. The molecule has 0 spiro atoms. The first kappa shape index (κ1) is 16.2. The predicted molar refractivity (Wildman–Crippen MR) is 86.1 cm³/mol. The van der Waals surface area contributed by atoms with Gasteiger partial charge in [-0.05, 0) is 17.9 Å². The molecule has 1 aliphatic heterocycles. The monoisotopic (exact) mass is 289 g/mol. The Hall–Kier alpha value is -1.16. The lowest BCUT2D eigenvalue weighted by Gasteiger charge is -2.53. The van der Waals surface area contributed by atoms with Gasteiger partial charge in [0.15, 0.2) is 0 Å². The van der Waals surface area contributed by atoms with Gasteiger partial charge < -0.3 is 9.84 Å². The van der Waals surface area contributed by atoms with Crippen molar-refractivity contribution in [3.05, 3.63) is 48.6 Å². The molecule has 1 aromatic rings. The number of hydrogen-bond acceptors (Lipinski definition) is 3. The summed E-state index contributed by atoms with van der Waals surface area (Å²) in [4.78, 5) is 2.43. The Morgan fingerprint density at radius 1 is 1.33 bits per heavy atom. The van der Waals surface area contributed by atoms with E-state index in [0.29, 0.717) is 5.92 Å². The second-order valence-corrected chi connectivity index (χ2v) is 6.32. The van der Waals surface area contributed by atoms with Crippen LogP contribution in [0.1, 0.15) is 25.8 Å². The highest BCUT2D eigenvalue weighted by Crippen LogP contribution is 2.34. The number of nitrogens with zero attached hydrogens (tertiary/aromatic N) is 1. The van der Waals surface area contributed by atoms with Crippen molar-refractivity contribution in [2.45, 2.75) is 38.4 Å². The van der Waals surface area contributed by atoms with E-state index in [1.165, 1.54) is 5.56 Å². The molecule has 1 fully saturated rings. The molecule has 0 aliphatic carbocycles. The van der Waals surface area contributed by atoms with Gasteiger partial charge in [-0.3, -0.25) is 4.90 Å². The number of aliphatic hydroxyl groups excluding tert-OH is 1. The average Bonchev–Trinajstić information content (AvgIpc) is 2.43. The normalized spacial score (nSPS) is 18.5. The largest absolute Gasteiger partial charge is 0.395 e. The van der Waals surface area contributed by atoms with Crippen molar-refractivity contribution in [3.8, 4) is 0 Å². The number of aliphatic hydroxyl groups is 1. The molecule has 116 valence electrons. The Balaban J connectivity index is 2.27. The second-order valence-electron chi connectivity index (χ2n) is 6.32. The van der Waals surface area contributed by atoms with Crippen molar-refractivity contribution in [2.24, 2.45) is 5.92 Å². The van der Waals surface area contributed by atoms with Gasteiger partial charge in [0.1, 0.15) is 0 Å². The van der Waals surface area contributed by atoms with Gasteiger partial charge in [-0.2, -0.15) is 0 Å². The molecule has 21 heavy (non-hydrogen) atoms. The fourth-order valence-corrected chi connectivity index (χ4v) is 3.09. The standard InChI is InChI=1S/C18H27NO2/c1-4-10-18(13-21-14-18)19(17(12-20)15(2)3)11-16-8-6-5-7-9-16/h4-9,15,17,20H,1,10-14H2,2-3H3/t17-/m0/s1. The van der Waals surface area contributed by atoms with Gasteiger partial charge in [-0.1, -0.05) is 50.3 Å². The summed E-state index contributed by atoms with van der Waals surface area (Å²) in [5, 5.41) is 9.89. The van der Waals surface area contributed by atoms with Crippen LogP contribution in [0.3, 0.4) is 0 Å². The minimum atomic E-state index is -0.0186. The summed E-state index contributed by atoms with van der Waals surface area (Å²) in [7, 11) is 0. The molecule has 1 aliphatic rings. The zero-order chi connectivity index (χ0) is 15.3. The van der Waals surface area contributed by atoms with Crippen LogP contribution in [0.25, 0.3) is 0 Å². The fourth-order valence-electron chi connectivity index (χ4n) is 3.09. The van der Waals surface area contributed by atoms with Crippen LogP contribution in [0.4, 0.5) is 0 Å². The lowest BCUT2D eigenvalue weighted by molar-refractivity contribution is -0.166. The Kier molecular flexibility index (Phi) is 5.57. The molecular formula is C18H27NO2. The van der Waals surface area contributed by atoms with Crippen molar-refractivity contribution >= 4 is 0 Å².